The van der Waals surface area contributed by atoms with Gasteiger partial charge in [0.1, 0.15) is 0 Å². The molecule has 15 heavy (non-hydrogen) atoms. The van der Waals surface area contributed by atoms with Gasteiger partial charge in [-0.2, -0.15) is 0 Å². The normalized spacial score (nSPS) is 11.9. The van der Waals surface area contributed by atoms with Crippen LogP contribution in [-0.4, -0.2) is 13.1 Å². The Balaban J connectivity index is 3.24. The van der Waals surface area contributed by atoms with Crippen LogP contribution in [0.3, 0.4) is 0 Å². The van der Waals surface area contributed by atoms with E-state index >= 15 is 0 Å². The average Bonchev–Trinajstić information content (AvgIpc) is 2.20. The number of hydrogen-bond donors (Lipinski definition) is 0. The number of aliphatic imine (C=N–C) groups is 1. The zero-order valence-electron chi connectivity index (χ0n) is 8.17. The molecule has 0 bridgehead atoms. The maximum atomic E-state index is 12.3. The quantitative estimate of drug-likeness (QED) is 0.684. The second kappa shape index (κ2) is 5.03. The maximum absolute atomic E-state index is 12.3. The van der Waals surface area contributed by atoms with E-state index in [4.69, 9.17) is 11.6 Å². The van der Waals surface area contributed by atoms with Gasteiger partial charge in [0.2, 0.25) is 0 Å². The first-order chi connectivity index (χ1) is 7.06. The summed E-state index contributed by atoms with van der Waals surface area (Å²) < 4.78 is 24.6. The first-order valence-electron chi connectivity index (χ1n) is 4.28. The van der Waals surface area contributed by atoms with E-state index in [0.717, 1.165) is 0 Å². The monoisotopic (exact) mass is 229 g/mol. The van der Waals surface area contributed by atoms with Crippen LogP contribution in [0.15, 0.2) is 28.8 Å². The number of hydrogen-bond acceptors (Lipinski definition) is 1. The molecule has 0 unspecified atom stereocenters. The smallest absolute Gasteiger partial charge is 0.259 e. The van der Waals surface area contributed by atoms with Gasteiger partial charge in [-0.15, -0.1) is 0 Å². The first kappa shape index (κ1) is 11.9. The lowest BCUT2D eigenvalue weighted by Crippen LogP contribution is -1.91. The molecule has 0 heterocycles. The molecule has 1 aromatic rings. The van der Waals surface area contributed by atoms with E-state index in [2.05, 4.69) is 11.7 Å². The van der Waals surface area contributed by atoms with Crippen LogP contribution >= 0.6 is 11.6 Å². The maximum Gasteiger partial charge on any atom is 0.259 e. The molecule has 1 aromatic carbocycles. The van der Waals surface area contributed by atoms with Gasteiger partial charge in [0, 0.05) is 10.6 Å². The fourth-order valence-electron chi connectivity index (χ4n) is 1.10. The molecule has 0 spiro atoms. The zero-order valence-corrected chi connectivity index (χ0v) is 8.93. The Morgan fingerprint density at radius 3 is 2.73 bits per heavy atom. The Morgan fingerprint density at radius 2 is 2.20 bits per heavy atom. The summed E-state index contributed by atoms with van der Waals surface area (Å²) in [5, 5.41) is 0.389. The van der Waals surface area contributed by atoms with E-state index in [1.807, 2.05) is 0 Å². The van der Waals surface area contributed by atoms with E-state index in [9.17, 15) is 8.78 Å². The third-order valence-corrected chi connectivity index (χ3v) is 2.25. The number of alkyl halides is 2. The van der Waals surface area contributed by atoms with Gasteiger partial charge in [-0.05, 0) is 37.4 Å². The van der Waals surface area contributed by atoms with Gasteiger partial charge in [0.15, 0.2) is 0 Å². The van der Waals surface area contributed by atoms with Crippen molar-refractivity contribution in [1.82, 2.24) is 0 Å². The SMILES string of the molecule is C=Nc1cccc(Cl)c1/C=C(\C)C(F)F. The second-order valence-corrected chi connectivity index (χ2v) is 3.43. The fourth-order valence-corrected chi connectivity index (χ4v) is 1.32. The first-order valence-corrected chi connectivity index (χ1v) is 4.65. The van der Waals surface area contributed by atoms with Crippen LogP contribution in [0.25, 0.3) is 6.08 Å². The number of halogens is 3. The highest BCUT2D eigenvalue weighted by Gasteiger charge is 2.08. The van der Waals surface area contributed by atoms with Crippen molar-refractivity contribution >= 4 is 30.1 Å². The lowest BCUT2D eigenvalue weighted by molar-refractivity contribution is 0.191. The summed E-state index contributed by atoms with van der Waals surface area (Å²) in [5.41, 5.74) is 0.933. The van der Waals surface area contributed by atoms with Crippen molar-refractivity contribution < 1.29 is 8.78 Å². The minimum absolute atomic E-state index is 0.0481. The molecule has 0 amide bonds. The van der Waals surface area contributed by atoms with E-state index in [-0.39, 0.29) is 5.57 Å². The molecule has 0 aliphatic carbocycles. The van der Waals surface area contributed by atoms with Crippen LogP contribution in [-0.2, 0) is 0 Å². The Labute approximate surface area is 92.1 Å². The third kappa shape index (κ3) is 2.86. The lowest BCUT2D eigenvalue weighted by atomic mass is 10.1. The summed E-state index contributed by atoms with van der Waals surface area (Å²) >= 11 is 5.88. The molecule has 4 heteroatoms. The molecule has 0 saturated heterocycles. The molecule has 1 nitrogen and oxygen atoms in total. The van der Waals surface area contributed by atoms with E-state index in [1.165, 1.54) is 13.0 Å². The van der Waals surface area contributed by atoms with Crippen molar-refractivity contribution in [3.63, 3.8) is 0 Å². The summed E-state index contributed by atoms with van der Waals surface area (Å²) in [4.78, 5) is 3.72. The van der Waals surface area contributed by atoms with Crippen LogP contribution in [0.5, 0.6) is 0 Å². The van der Waals surface area contributed by atoms with E-state index in [1.54, 1.807) is 18.2 Å². The Kier molecular flexibility index (Phi) is 3.97. The summed E-state index contributed by atoms with van der Waals surface area (Å²) in [7, 11) is 0. The second-order valence-electron chi connectivity index (χ2n) is 3.02. The van der Waals surface area contributed by atoms with Crippen molar-refractivity contribution in [1.29, 1.82) is 0 Å². The van der Waals surface area contributed by atoms with Crippen molar-refractivity contribution in [2.75, 3.05) is 0 Å². The zero-order chi connectivity index (χ0) is 11.4. The van der Waals surface area contributed by atoms with Gasteiger partial charge >= 0.3 is 0 Å². The van der Waals surface area contributed by atoms with Crippen molar-refractivity contribution in [3.8, 4) is 0 Å². The van der Waals surface area contributed by atoms with Crippen LogP contribution in [0.1, 0.15) is 12.5 Å². The van der Waals surface area contributed by atoms with Crippen molar-refractivity contribution in [2.45, 2.75) is 13.3 Å². The summed E-state index contributed by atoms with van der Waals surface area (Å²) in [6.45, 7) is 4.71. The number of nitrogens with zero attached hydrogens (tertiary/aromatic N) is 1. The Hall–Kier alpha value is -1.22. The molecule has 0 fully saturated rings. The van der Waals surface area contributed by atoms with Gasteiger partial charge in [-0.25, -0.2) is 8.78 Å². The fraction of sp³-hybridized carbons (Fsp3) is 0.182. The molecular weight excluding hydrogens is 220 g/mol. The summed E-state index contributed by atoms with van der Waals surface area (Å²) in [6.07, 6.45) is -1.16. The van der Waals surface area contributed by atoms with Crippen LogP contribution in [0.4, 0.5) is 14.5 Å². The summed E-state index contributed by atoms with van der Waals surface area (Å²) in [5.74, 6) is 0. The van der Waals surface area contributed by atoms with Crippen molar-refractivity contribution in [3.05, 3.63) is 34.4 Å². The van der Waals surface area contributed by atoms with Gasteiger partial charge in [-0.3, -0.25) is 4.99 Å². The van der Waals surface area contributed by atoms with Crippen LogP contribution < -0.4 is 0 Å². The molecule has 0 saturated carbocycles. The summed E-state index contributed by atoms with van der Waals surface area (Å²) in [6, 6.07) is 4.99. The third-order valence-electron chi connectivity index (χ3n) is 1.92. The Bertz CT molecular complexity index is 400. The van der Waals surface area contributed by atoms with E-state index in [0.29, 0.717) is 16.3 Å². The van der Waals surface area contributed by atoms with Gasteiger partial charge in [0.05, 0.1) is 5.69 Å². The molecule has 80 valence electrons. The molecule has 0 N–H and O–H groups in total. The molecule has 0 aromatic heterocycles. The number of benzene rings is 1. The predicted molar refractivity (Wildman–Crippen MR) is 60.3 cm³/mol. The number of rotatable bonds is 3. The minimum atomic E-state index is -2.49. The predicted octanol–water partition coefficient (Wildman–Crippen LogP) is 4.34. The largest absolute Gasteiger partial charge is 0.264 e. The standard InChI is InChI=1S/C11H10ClF2N/c1-7(11(13)14)6-8-9(12)4-3-5-10(8)15-2/h3-6,11H,2H2,1H3/b7-6+. The minimum Gasteiger partial charge on any atom is -0.264 e. The highest BCUT2D eigenvalue weighted by molar-refractivity contribution is 6.32. The molecule has 0 aliphatic heterocycles. The van der Waals surface area contributed by atoms with Crippen molar-refractivity contribution in [2.24, 2.45) is 4.99 Å². The lowest BCUT2D eigenvalue weighted by Gasteiger charge is -2.05. The van der Waals surface area contributed by atoms with Gasteiger partial charge in [-0.1, -0.05) is 17.7 Å². The highest BCUT2D eigenvalue weighted by Crippen LogP contribution is 2.29. The van der Waals surface area contributed by atoms with Crippen LogP contribution in [0, 0.1) is 0 Å². The van der Waals surface area contributed by atoms with Gasteiger partial charge < -0.3 is 0 Å². The molecular formula is C11H10ClF2N. The molecule has 1 rings (SSSR count). The number of allylic oxidation sites excluding steroid dienone is 1. The Morgan fingerprint density at radius 1 is 1.53 bits per heavy atom. The average molecular weight is 230 g/mol. The molecule has 0 radical (unpaired) electrons. The molecule has 0 atom stereocenters. The highest BCUT2D eigenvalue weighted by atomic mass is 35.5. The van der Waals surface area contributed by atoms with Crippen LogP contribution in [0.2, 0.25) is 5.02 Å². The van der Waals surface area contributed by atoms with Gasteiger partial charge in [0.25, 0.3) is 6.43 Å². The van der Waals surface area contributed by atoms with E-state index < -0.39 is 6.43 Å². The molecule has 0 aliphatic rings. The topological polar surface area (TPSA) is 12.4 Å².